The molecule has 3 aromatic rings. The number of rotatable bonds is 3. The van der Waals surface area contributed by atoms with Gasteiger partial charge in [0.2, 0.25) is 0 Å². The molecule has 0 saturated heterocycles. The molecular formula is C17H16N2. The number of fused-ring (bicyclic) bond motifs is 1. The molecule has 2 aromatic carbocycles. The molecule has 2 N–H and O–H groups in total. The third kappa shape index (κ3) is 2.35. The number of hydrogen-bond acceptors (Lipinski definition) is 2. The van der Waals surface area contributed by atoms with Crippen molar-refractivity contribution in [1.82, 2.24) is 4.98 Å². The highest BCUT2D eigenvalue weighted by Crippen LogP contribution is 2.25. The summed E-state index contributed by atoms with van der Waals surface area (Å²) in [5.41, 5.74) is 8.19. The maximum absolute atomic E-state index is 5.94. The molecule has 0 aliphatic carbocycles. The van der Waals surface area contributed by atoms with Crippen LogP contribution in [0.1, 0.15) is 17.2 Å². The second-order valence-electron chi connectivity index (χ2n) is 4.65. The molecule has 0 radical (unpaired) electrons. The Balaban J connectivity index is 2.06. The van der Waals surface area contributed by atoms with Gasteiger partial charge in [-0.1, -0.05) is 48.5 Å². The number of aromatic nitrogens is 1. The quantitative estimate of drug-likeness (QED) is 0.772. The summed E-state index contributed by atoms with van der Waals surface area (Å²) in [4.78, 5) is 4.43. The van der Waals surface area contributed by atoms with Gasteiger partial charge in [-0.3, -0.25) is 4.98 Å². The van der Waals surface area contributed by atoms with E-state index in [2.05, 4.69) is 47.4 Å². The van der Waals surface area contributed by atoms with Crippen molar-refractivity contribution in [3.8, 4) is 0 Å². The van der Waals surface area contributed by atoms with Crippen LogP contribution in [0.5, 0.6) is 0 Å². The highest BCUT2D eigenvalue weighted by atomic mass is 14.7. The lowest BCUT2D eigenvalue weighted by Gasteiger charge is -2.15. The van der Waals surface area contributed by atoms with Crippen molar-refractivity contribution >= 4 is 10.8 Å². The standard InChI is InChI=1S/C17H16N2/c18-12-16(17-7-3-4-10-19-17)15-9-8-13-5-1-2-6-14(13)11-15/h1-11,16H,12,18H2. The third-order valence-electron chi connectivity index (χ3n) is 3.46. The van der Waals surface area contributed by atoms with Gasteiger partial charge < -0.3 is 5.73 Å². The van der Waals surface area contributed by atoms with Crippen LogP contribution in [0, 0.1) is 0 Å². The zero-order valence-corrected chi connectivity index (χ0v) is 10.7. The second-order valence-corrected chi connectivity index (χ2v) is 4.65. The van der Waals surface area contributed by atoms with E-state index in [1.165, 1.54) is 16.3 Å². The van der Waals surface area contributed by atoms with Crippen LogP contribution in [0.15, 0.2) is 66.9 Å². The van der Waals surface area contributed by atoms with Crippen LogP contribution in [0.25, 0.3) is 10.8 Å². The Kier molecular flexibility index (Phi) is 3.25. The third-order valence-corrected chi connectivity index (χ3v) is 3.46. The number of nitrogens with zero attached hydrogens (tertiary/aromatic N) is 1. The summed E-state index contributed by atoms with van der Waals surface area (Å²) in [5, 5.41) is 2.50. The van der Waals surface area contributed by atoms with Crippen LogP contribution in [0.4, 0.5) is 0 Å². The molecule has 2 heteroatoms. The van der Waals surface area contributed by atoms with Crippen LogP contribution in [-0.2, 0) is 0 Å². The summed E-state index contributed by atoms with van der Waals surface area (Å²) in [6.07, 6.45) is 1.82. The SMILES string of the molecule is NCC(c1ccc2ccccc2c1)c1ccccn1. The molecule has 1 unspecified atom stereocenters. The van der Waals surface area contributed by atoms with Crippen molar-refractivity contribution in [2.24, 2.45) is 5.73 Å². The zero-order chi connectivity index (χ0) is 13.1. The summed E-state index contributed by atoms with van der Waals surface area (Å²) in [6.45, 7) is 0.565. The first kappa shape index (κ1) is 11.9. The van der Waals surface area contributed by atoms with E-state index in [4.69, 9.17) is 5.73 Å². The maximum atomic E-state index is 5.94. The molecule has 0 aliphatic rings. The van der Waals surface area contributed by atoms with E-state index in [1.807, 2.05) is 24.4 Å². The molecule has 19 heavy (non-hydrogen) atoms. The fourth-order valence-electron chi connectivity index (χ4n) is 2.43. The Labute approximate surface area is 112 Å². The highest BCUT2D eigenvalue weighted by molar-refractivity contribution is 5.83. The van der Waals surface area contributed by atoms with E-state index < -0.39 is 0 Å². The lowest BCUT2D eigenvalue weighted by atomic mass is 9.93. The topological polar surface area (TPSA) is 38.9 Å². The lowest BCUT2D eigenvalue weighted by molar-refractivity contribution is 0.788. The molecular weight excluding hydrogens is 232 g/mol. The van der Waals surface area contributed by atoms with Crippen molar-refractivity contribution in [1.29, 1.82) is 0 Å². The summed E-state index contributed by atoms with van der Waals surface area (Å²) in [5.74, 6) is 0.158. The predicted octanol–water partition coefficient (Wildman–Crippen LogP) is 3.33. The first-order chi connectivity index (χ1) is 9.38. The van der Waals surface area contributed by atoms with E-state index in [1.54, 1.807) is 0 Å². The Morgan fingerprint density at radius 2 is 1.68 bits per heavy atom. The van der Waals surface area contributed by atoms with Gasteiger partial charge >= 0.3 is 0 Å². The van der Waals surface area contributed by atoms with E-state index in [9.17, 15) is 0 Å². The minimum Gasteiger partial charge on any atom is -0.329 e. The largest absolute Gasteiger partial charge is 0.329 e. The van der Waals surface area contributed by atoms with Gasteiger partial charge in [0.05, 0.1) is 0 Å². The van der Waals surface area contributed by atoms with Crippen molar-refractivity contribution in [2.75, 3.05) is 6.54 Å². The lowest BCUT2D eigenvalue weighted by Crippen LogP contribution is -2.14. The molecule has 94 valence electrons. The molecule has 0 bridgehead atoms. The first-order valence-electron chi connectivity index (χ1n) is 6.48. The molecule has 0 aliphatic heterocycles. The summed E-state index contributed by atoms with van der Waals surface area (Å²) < 4.78 is 0. The Morgan fingerprint density at radius 1 is 0.895 bits per heavy atom. The maximum Gasteiger partial charge on any atom is 0.0491 e. The fraction of sp³-hybridized carbons (Fsp3) is 0.118. The van der Waals surface area contributed by atoms with Gasteiger partial charge in [0, 0.05) is 24.4 Å². The monoisotopic (exact) mass is 248 g/mol. The molecule has 0 fully saturated rings. The van der Waals surface area contributed by atoms with E-state index in [0.717, 1.165) is 5.69 Å². The highest BCUT2D eigenvalue weighted by Gasteiger charge is 2.13. The van der Waals surface area contributed by atoms with Crippen molar-refractivity contribution in [2.45, 2.75) is 5.92 Å². The Morgan fingerprint density at radius 3 is 2.42 bits per heavy atom. The summed E-state index contributed by atoms with van der Waals surface area (Å²) >= 11 is 0. The van der Waals surface area contributed by atoms with Gasteiger partial charge in [-0.05, 0) is 28.5 Å². The number of pyridine rings is 1. The predicted molar refractivity (Wildman–Crippen MR) is 79.1 cm³/mol. The van der Waals surface area contributed by atoms with E-state index >= 15 is 0 Å². The smallest absolute Gasteiger partial charge is 0.0491 e. The van der Waals surface area contributed by atoms with Crippen molar-refractivity contribution < 1.29 is 0 Å². The van der Waals surface area contributed by atoms with Crippen LogP contribution in [0.2, 0.25) is 0 Å². The fourth-order valence-corrected chi connectivity index (χ4v) is 2.43. The molecule has 2 nitrogen and oxygen atoms in total. The zero-order valence-electron chi connectivity index (χ0n) is 10.7. The summed E-state index contributed by atoms with van der Waals surface area (Å²) in [6, 6.07) is 20.8. The minimum atomic E-state index is 0.158. The molecule has 1 heterocycles. The summed E-state index contributed by atoms with van der Waals surface area (Å²) in [7, 11) is 0. The van der Waals surface area contributed by atoms with Gasteiger partial charge in [0.25, 0.3) is 0 Å². The van der Waals surface area contributed by atoms with Gasteiger partial charge in [0.15, 0.2) is 0 Å². The molecule has 1 atom stereocenters. The van der Waals surface area contributed by atoms with Gasteiger partial charge in [0.1, 0.15) is 0 Å². The molecule has 3 rings (SSSR count). The normalized spacial score (nSPS) is 12.5. The number of benzene rings is 2. The molecule has 0 spiro atoms. The average Bonchev–Trinajstić information content (AvgIpc) is 2.49. The van der Waals surface area contributed by atoms with Crippen LogP contribution in [-0.4, -0.2) is 11.5 Å². The van der Waals surface area contributed by atoms with Crippen LogP contribution in [0.3, 0.4) is 0 Å². The van der Waals surface area contributed by atoms with Crippen LogP contribution < -0.4 is 5.73 Å². The average molecular weight is 248 g/mol. The van der Waals surface area contributed by atoms with Crippen LogP contribution >= 0.6 is 0 Å². The first-order valence-corrected chi connectivity index (χ1v) is 6.48. The number of hydrogen-bond donors (Lipinski definition) is 1. The van der Waals surface area contributed by atoms with Gasteiger partial charge in [-0.2, -0.15) is 0 Å². The van der Waals surface area contributed by atoms with Gasteiger partial charge in [-0.25, -0.2) is 0 Å². The molecule has 0 saturated carbocycles. The molecule has 0 amide bonds. The second kappa shape index (κ2) is 5.21. The Bertz CT molecular complexity index is 677. The van der Waals surface area contributed by atoms with Gasteiger partial charge in [-0.15, -0.1) is 0 Å². The molecule has 1 aromatic heterocycles. The number of nitrogens with two attached hydrogens (primary N) is 1. The minimum absolute atomic E-state index is 0.158. The van der Waals surface area contributed by atoms with E-state index in [-0.39, 0.29) is 5.92 Å². The van der Waals surface area contributed by atoms with Crippen molar-refractivity contribution in [3.63, 3.8) is 0 Å². The van der Waals surface area contributed by atoms with Crippen molar-refractivity contribution in [3.05, 3.63) is 78.1 Å². The Hall–Kier alpha value is -2.19. The van der Waals surface area contributed by atoms with E-state index in [0.29, 0.717) is 6.54 Å².